The van der Waals surface area contributed by atoms with Crippen LogP contribution in [0, 0.1) is 5.82 Å². The Balaban J connectivity index is 1.84. The van der Waals surface area contributed by atoms with Crippen LogP contribution in [0.3, 0.4) is 0 Å². The molecule has 1 fully saturated rings. The second kappa shape index (κ2) is 5.41. The second-order valence-electron chi connectivity index (χ2n) is 4.40. The van der Waals surface area contributed by atoms with E-state index in [9.17, 15) is 4.39 Å². The summed E-state index contributed by atoms with van der Waals surface area (Å²) in [4.78, 5) is 2.42. The molecule has 1 heterocycles. The van der Waals surface area contributed by atoms with Gasteiger partial charge in [0, 0.05) is 25.7 Å². The molecule has 3 heteroatoms. The van der Waals surface area contributed by atoms with Gasteiger partial charge in [-0.3, -0.25) is 4.90 Å². The van der Waals surface area contributed by atoms with Crippen LogP contribution in [0.15, 0.2) is 24.3 Å². The zero-order valence-electron chi connectivity index (χ0n) is 9.75. The highest BCUT2D eigenvalue weighted by Crippen LogP contribution is 2.13. The van der Waals surface area contributed by atoms with Crippen LogP contribution < -0.4 is 5.32 Å². The molecule has 2 rings (SSSR count). The number of likely N-dealkylation sites (N-methyl/N-ethyl adjacent to an activating group) is 1. The van der Waals surface area contributed by atoms with Gasteiger partial charge in [-0.15, -0.1) is 0 Å². The van der Waals surface area contributed by atoms with E-state index < -0.39 is 0 Å². The molecule has 0 saturated carbocycles. The van der Waals surface area contributed by atoms with Crippen molar-refractivity contribution in [1.82, 2.24) is 10.2 Å². The van der Waals surface area contributed by atoms with E-state index in [1.165, 1.54) is 24.1 Å². The van der Waals surface area contributed by atoms with E-state index in [0.717, 1.165) is 26.2 Å². The van der Waals surface area contributed by atoms with Crippen molar-refractivity contribution in [2.75, 3.05) is 19.6 Å². The number of hydrogen-bond acceptors (Lipinski definition) is 2. The highest BCUT2D eigenvalue weighted by atomic mass is 19.1. The maximum atomic E-state index is 12.7. The number of hydrogen-bond donors (Lipinski definition) is 1. The summed E-state index contributed by atoms with van der Waals surface area (Å²) in [5.74, 6) is -0.157. The molecule has 0 radical (unpaired) electrons. The topological polar surface area (TPSA) is 15.3 Å². The smallest absolute Gasteiger partial charge is 0.123 e. The summed E-state index contributed by atoms with van der Waals surface area (Å²) < 4.78 is 12.7. The van der Waals surface area contributed by atoms with Crippen molar-refractivity contribution < 1.29 is 4.39 Å². The SMILES string of the molecule is CCNC1CCN(Cc2ccc(F)cc2)C1. The average molecular weight is 222 g/mol. The monoisotopic (exact) mass is 222 g/mol. The summed E-state index contributed by atoms with van der Waals surface area (Å²) in [5, 5.41) is 3.47. The molecule has 1 N–H and O–H groups in total. The third-order valence-electron chi connectivity index (χ3n) is 3.08. The number of rotatable bonds is 4. The molecule has 0 spiro atoms. The lowest BCUT2D eigenvalue weighted by Crippen LogP contribution is -2.32. The first-order valence-electron chi connectivity index (χ1n) is 5.98. The van der Waals surface area contributed by atoms with Gasteiger partial charge in [-0.1, -0.05) is 19.1 Å². The van der Waals surface area contributed by atoms with Gasteiger partial charge in [0.15, 0.2) is 0 Å². The Kier molecular flexibility index (Phi) is 3.91. The molecular formula is C13H19FN2. The maximum Gasteiger partial charge on any atom is 0.123 e. The molecule has 16 heavy (non-hydrogen) atoms. The Morgan fingerprint density at radius 1 is 1.38 bits per heavy atom. The predicted molar refractivity (Wildman–Crippen MR) is 63.8 cm³/mol. The minimum atomic E-state index is -0.157. The van der Waals surface area contributed by atoms with E-state index >= 15 is 0 Å². The molecule has 1 aromatic rings. The normalized spacial score (nSPS) is 21.5. The van der Waals surface area contributed by atoms with E-state index in [1.807, 2.05) is 12.1 Å². The first kappa shape index (κ1) is 11.6. The number of nitrogens with one attached hydrogen (secondary N) is 1. The van der Waals surface area contributed by atoms with Gasteiger partial charge in [-0.25, -0.2) is 4.39 Å². The lowest BCUT2D eigenvalue weighted by Gasteiger charge is -2.16. The molecule has 88 valence electrons. The molecular weight excluding hydrogens is 203 g/mol. The molecule has 1 aromatic carbocycles. The number of benzene rings is 1. The first-order valence-corrected chi connectivity index (χ1v) is 5.98. The van der Waals surface area contributed by atoms with Crippen molar-refractivity contribution in [3.05, 3.63) is 35.6 Å². The molecule has 2 nitrogen and oxygen atoms in total. The van der Waals surface area contributed by atoms with Crippen molar-refractivity contribution in [3.8, 4) is 0 Å². The summed E-state index contributed by atoms with van der Waals surface area (Å²) in [5.41, 5.74) is 1.19. The molecule has 1 atom stereocenters. The fraction of sp³-hybridized carbons (Fsp3) is 0.538. The molecule has 1 aliphatic heterocycles. The second-order valence-corrected chi connectivity index (χ2v) is 4.40. The Morgan fingerprint density at radius 3 is 2.81 bits per heavy atom. The van der Waals surface area contributed by atoms with Gasteiger partial charge in [0.05, 0.1) is 0 Å². The van der Waals surface area contributed by atoms with Crippen molar-refractivity contribution >= 4 is 0 Å². The van der Waals surface area contributed by atoms with E-state index in [1.54, 1.807) is 0 Å². The molecule has 0 aromatic heterocycles. The van der Waals surface area contributed by atoms with Crippen molar-refractivity contribution in [2.24, 2.45) is 0 Å². The van der Waals surface area contributed by atoms with E-state index in [4.69, 9.17) is 0 Å². The average Bonchev–Trinajstić information content (AvgIpc) is 2.70. The first-order chi connectivity index (χ1) is 7.78. The minimum absolute atomic E-state index is 0.157. The van der Waals surface area contributed by atoms with Crippen molar-refractivity contribution in [2.45, 2.75) is 25.9 Å². The van der Waals surface area contributed by atoms with Crippen LogP contribution in [-0.2, 0) is 6.54 Å². The van der Waals surface area contributed by atoms with Crippen molar-refractivity contribution in [3.63, 3.8) is 0 Å². The summed E-state index contributed by atoms with van der Waals surface area (Å²) >= 11 is 0. The standard InChI is InChI=1S/C13H19FN2/c1-2-15-13-7-8-16(10-13)9-11-3-5-12(14)6-4-11/h3-6,13,15H,2,7-10H2,1H3. The molecule has 0 aliphatic carbocycles. The summed E-state index contributed by atoms with van der Waals surface area (Å²) in [6.07, 6.45) is 1.22. The Hall–Kier alpha value is -0.930. The third kappa shape index (κ3) is 3.03. The Bertz CT molecular complexity index is 323. The van der Waals surface area contributed by atoms with Crippen LogP contribution in [-0.4, -0.2) is 30.6 Å². The highest BCUT2D eigenvalue weighted by Gasteiger charge is 2.21. The fourth-order valence-corrected chi connectivity index (χ4v) is 2.28. The predicted octanol–water partition coefficient (Wildman–Crippen LogP) is 2.01. The number of nitrogens with zero attached hydrogens (tertiary/aromatic N) is 1. The summed E-state index contributed by atoms with van der Waals surface area (Å²) in [6.45, 7) is 6.35. The largest absolute Gasteiger partial charge is 0.313 e. The van der Waals surface area contributed by atoms with Gasteiger partial charge in [-0.2, -0.15) is 0 Å². The Morgan fingerprint density at radius 2 is 2.12 bits per heavy atom. The van der Waals surface area contributed by atoms with Crippen LogP contribution in [0.1, 0.15) is 18.9 Å². The van der Waals surface area contributed by atoms with Crippen LogP contribution >= 0.6 is 0 Å². The van der Waals surface area contributed by atoms with Gasteiger partial charge in [-0.05, 0) is 30.7 Å². The van der Waals surface area contributed by atoms with Gasteiger partial charge in [0.1, 0.15) is 5.82 Å². The highest BCUT2D eigenvalue weighted by molar-refractivity contribution is 5.16. The molecule has 0 bridgehead atoms. The molecule has 1 saturated heterocycles. The number of likely N-dealkylation sites (tertiary alicyclic amines) is 1. The number of halogens is 1. The van der Waals surface area contributed by atoms with Gasteiger partial charge in [0.25, 0.3) is 0 Å². The van der Waals surface area contributed by atoms with Crippen molar-refractivity contribution in [1.29, 1.82) is 0 Å². The Labute approximate surface area is 96.5 Å². The quantitative estimate of drug-likeness (QED) is 0.838. The van der Waals surface area contributed by atoms with Gasteiger partial charge < -0.3 is 5.32 Å². The maximum absolute atomic E-state index is 12.7. The lowest BCUT2D eigenvalue weighted by atomic mass is 10.2. The minimum Gasteiger partial charge on any atom is -0.313 e. The van der Waals surface area contributed by atoms with E-state index in [2.05, 4.69) is 17.1 Å². The van der Waals surface area contributed by atoms with Crippen LogP contribution in [0.25, 0.3) is 0 Å². The molecule has 1 unspecified atom stereocenters. The van der Waals surface area contributed by atoms with E-state index in [0.29, 0.717) is 6.04 Å². The molecule has 1 aliphatic rings. The third-order valence-corrected chi connectivity index (χ3v) is 3.08. The zero-order valence-corrected chi connectivity index (χ0v) is 9.75. The van der Waals surface area contributed by atoms with Crippen LogP contribution in [0.4, 0.5) is 4.39 Å². The van der Waals surface area contributed by atoms with Gasteiger partial charge >= 0.3 is 0 Å². The summed E-state index contributed by atoms with van der Waals surface area (Å²) in [7, 11) is 0. The van der Waals surface area contributed by atoms with Crippen LogP contribution in [0.2, 0.25) is 0 Å². The van der Waals surface area contributed by atoms with Gasteiger partial charge in [0.2, 0.25) is 0 Å². The lowest BCUT2D eigenvalue weighted by molar-refractivity contribution is 0.320. The molecule has 0 amide bonds. The fourth-order valence-electron chi connectivity index (χ4n) is 2.28. The van der Waals surface area contributed by atoms with E-state index in [-0.39, 0.29) is 5.82 Å². The summed E-state index contributed by atoms with van der Waals surface area (Å²) in [6, 6.07) is 7.44. The zero-order chi connectivity index (χ0) is 11.4. The van der Waals surface area contributed by atoms with Crippen LogP contribution in [0.5, 0.6) is 0 Å².